The topological polar surface area (TPSA) is 93.8 Å². The highest BCUT2D eigenvalue weighted by atomic mass is 16.2. The highest BCUT2D eigenvalue weighted by Crippen LogP contribution is 2.46. The number of nitrogens with zero attached hydrogens (tertiary/aromatic N) is 7. The second kappa shape index (κ2) is 7.43. The fraction of sp³-hybridized carbons (Fsp3) is 0.522. The summed E-state index contributed by atoms with van der Waals surface area (Å²) in [5.74, 6) is 2.64. The summed E-state index contributed by atoms with van der Waals surface area (Å²) in [7, 11) is 1.99. The van der Waals surface area contributed by atoms with Gasteiger partial charge in [-0.15, -0.1) is 5.10 Å². The summed E-state index contributed by atoms with van der Waals surface area (Å²) in [5, 5.41) is 11.4. The molecule has 2 aliphatic carbocycles. The zero-order valence-electron chi connectivity index (χ0n) is 18.5. The van der Waals surface area contributed by atoms with E-state index in [-0.39, 0.29) is 11.9 Å². The number of fused-ring (bicyclic) bond motifs is 2. The lowest BCUT2D eigenvalue weighted by Crippen LogP contribution is -2.27. The minimum Gasteiger partial charge on any atom is -0.356 e. The number of hydrogen-bond donors (Lipinski definition) is 1. The quantitative estimate of drug-likeness (QED) is 0.639. The van der Waals surface area contributed by atoms with Gasteiger partial charge in [-0.2, -0.15) is 0 Å². The summed E-state index contributed by atoms with van der Waals surface area (Å²) in [6.45, 7) is 4.96. The Kier molecular flexibility index (Phi) is 4.51. The van der Waals surface area contributed by atoms with Gasteiger partial charge < -0.3 is 14.8 Å². The number of aryl methyl sites for hydroxylation is 2. The van der Waals surface area contributed by atoms with Crippen LogP contribution < -0.4 is 10.2 Å². The number of carbonyl (C=O) groups is 1. The van der Waals surface area contributed by atoms with Gasteiger partial charge in [-0.05, 0) is 49.1 Å². The maximum Gasteiger partial charge on any atom is 0.274 e. The largest absolute Gasteiger partial charge is 0.356 e. The van der Waals surface area contributed by atoms with Gasteiger partial charge in [0, 0.05) is 31.5 Å². The molecular formula is C23H28N8O. The third kappa shape index (κ3) is 3.36. The van der Waals surface area contributed by atoms with E-state index in [9.17, 15) is 4.79 Å². The summed E-state index contributed by atoms with van der Waals surface area (Å²) in [4.78, 5) is 24.5. The van der Waals surface area contributed by atoms with Crippen LogP contribution in [-0.2, 0) is 26.4 Å². The Morgan fingerprint density at radius 3 is 2.91 bits per heavy atom. The Labute approximate surface area is 186 Å². The van der Waals surface area contributed by atoms with Crippen LogP contribution in [0.15, 0.2) is 24.7 Å². The molecule has 9 nitrogen and oxygen atoms in total. The molecule has 0 radical (unpaired) electrons. The Hall–Kier alpha value is -3.23. The molecule has 1 aliphatic heterocycles. The van der Waals surface area contributed by atoms with Gasteiger partial charge in [0.15, 0.2) is 5.69 Å². The molecule has 1 N–H and O–H groups in total. The van der Waals surface area contributed by atoms with Gasteiger partial charge >= 0.3 is 0 Å². The van der Waals surface area contributed by atoms with Gasteiger partial charge in [0.1, 0.15) is 5.82 Å². The van der Waals surface area contributed by atoms with Crippen molar-refractivity contribution in [2.75, 3.05) is 18.0 Å². The number of rotatable bonds is 6. The predicted molar refractivity (Wildman–Crippen MR) is 118 cm³/mol. The van der Waals surface area contributed by atoms with Crippen LogP contribution in [0.3, 0.4) is 0 Å². The number of amides is 1. The Balaban J connectivity index is 1.13. The lowest BCUT2D eigenvalue weighted by Gasteiger charge is -2.20. The van der Waals surface area contributed by atoms with E-state index in [0.29, 0.717) is 12.2 Å². The molecule has 0 aromatic carbocycles. The van der Waals surface area contributed by atoms with Crippen LogP contribution in [0.1, 0.15) is 58.9 Å². The number of hydrogen-bond acceptors (Lipinski definition) is 6. The fourth-order valence-electron chi connectivity index (χ4n) is 5.24. The molecule has 3 aromatic rings. The van der Waals surface area contributed by atoms with Gasteiger partial charge in [0.25, 0.3) is 5.91 Å². The Morgan fingerprint density at radius 1 is 1.25 bits per heavy atom. The van der Waals surface area contributed by atoms with Crippen LogP contribution in [0.5, 0.6) is 0 Å². The first-order valence-electron chi connectivity index (χ1n) is 11.5. The summed E-state index contributed by atoms with van der Waals surface area (Å²) < 4.78 is 3.74. The van der Waals surface area contributed by atoms with Crippen LogP contribution in [0.4, 0.5) is 5.82 Å². The number of carbonyl (C=O) groups excluding carboxylic acids is 1. The van der Waals surface area contributed by atoms with Crippen LogP contribution in [0.2, 0.25) is 0 Å². The smallest absolute Gasteiger partial charge is 0.274 e. The highest BCUT2D eigenvalue weighted by Gasteiger charge is 2.45. The maximum absolute atomic E-state index is 12.7. The molecular weight excluding hydrogens is 404 g/mol. The molecule has 1 saturated carbocycles. The van der Waals surface area contributed by atoms with E-state index in [1.165, 1.54) is 12.1 Å². The highest BCUT2D eigenvalue weighted by molar-refractivity contribution is 5.92. The molecule has 1 amide bonds. The standard InChI is InChI=1S/C23H28N8O/c1-3-17-14(4-7-21(25-17)30-9-15-8-16(15)10-30)11-31-12-19(27-28-31)23(32)26-18-5-6-20-22(18)24-13-29(20)2/h4,7,12-13,15-16,18H,3,5-6,8-11H2,1-2H3,(H,26,32)/t15?,16?,18-/m1/s1. The first-order chi connectivity index (χ1) is 15.6. The predicted octanol–water partition coefficient (Wildman–Crippen LogP) is 1.89. The average Bonchev–Trinajstić information content (AvgIpc) is 3.27. The van der Waals surface area contributed by atoms with Gasteiger partial charge in [-0.3, -0.25) is 4.79 Å². The molecule has 3 aliphatic rings. The lowest BCUT2D eigenvalue weighted by molar-refractivity contribution is 0.0931. The molecule has 2 unspecified atom stereocenters. The SMILES string of the molecule is CCc1nc(N2CC3CC3C2)ccc1Cn1cc(C(=O)N[C@@H]2CCc3c2ncn3C)nn1. The number of nitrogens with one attached hydrogen (secondary N) is 1. The van der Waals surface area contributed by atoms with Crippen LogP contribution >= 0.6 is 0 Å². The van der Waals surface area contributed by atoms with E-state index >= 15 is 0 Å². The van der Waals surface area contributed by atoms with E-state index in [1.807, 2.05) is 11.6 Å². The number of pyridine rings is 1. The number of aromatic nitrogens is 6. The van der Waals surface area contributed by atoms with Gasteiger partial charge in [-0.25, -0.2) is 14.6 Å². The van der Waals surface area contributed by atoms with Crippen molar-refractivity contribution in [2.45, 2.75) is 45.2 Å². The van der Waals surface area contributed by atoms with E-state index in [4.69, 9.17) is 4.98 Å². The van der Waals surface area contributed by atoms with Crippen molar-refractivity contribution >= 4 is 11.7 Å². The Bertz CT molecular complexity index is 1170. The van der Waals surface area contributed by atoms with Crippen molar-refractivity contribution in [1.82, 2.24) is 34.8 Å². The van der Waals surface area contributed by atoms with Crippen molar-refractivity contribution in [3.05, 3.63) is 53.0 Å². The third-order valence-corrected chi connectivity index (χ3v) is 7.19. The van der Waals surface area contributed by atoms with Crippen LogP contribution in [0, 0.1) is 11.8 Å². The summed E-state index contributed by atoms with van der Waals surface area (Å²) in [6.07, 6.45) is 7.55. The van der Waals surface area contributed by atoms with E-state index in [1.54, 1.807) is 17.2 Å². The number of anilines is 1. The zero-order chi connectivity index (χ0) is 21.8. The molecule has 3 atom stereocenters. The van der Waals surface area contributed by atoms with E-state index in [0.717, 1.165) is 67.0 Å². The number of piperidine rings is 1. The molecule has 0 bridgehead atoms. The molecule has 6 rings (SSSR count). The minimum absolute atomic E-state index is 0.0658. The minimum atomic E-state index is -0.212. The van der Waals surface area contributed by atoms with Crippen LogP contribution in [-0.4, -0.2) is 48.5 Å². The zero-order valence-corrected chi connectivity index (χ0v) is 18.5. The first-order valence-corrected chi connectivity index (χ1v) is 11.5. The van der Waals surface area contributed by atoms with Crippen molar-refractivity contribution < 1.29 is 4.79 Å². The average molecular weight is 433 g/mol. The molecule has 9 heteroatoms. The summed E-state index contributed by atoms with van der Waals surface area (Å²) >= 11 is 0. The maximum atomic E-state index is 12.7. The van der Waals surface area contributed by atoms with Crippen molar-refractivity contribution in [2.24, 2.45) is 18.9 Å². The Morgan fingerprint density at radius 2 is 2.09 bits per heavy atom. The molecule has 1 saturated heterocycles. The third-order valence-electron chi connectivity index (χ3n) is 7.19. The van der Waals surface area contributed by atoms with Crippen LogP contribution in [0.25, 0.3) is 0 Å². The lowest BCUT2D eigenvalue weighted by atomic mass is 10.1. The summed E-state index contributed by atoms with van der Waals surface area (Å²) in [6, 6.07) is 4.20. The van der Waals surface area contributed by atoms with E-state index < -0.39 is 0 Å². The molecule has 32 heavy (non-hydrogen) atoms. The molecule has 166 valence electrons. The first kappa shape index (κ1) is 19.5. The fourth-order valence-corrected chi connectivity index (χ4v) is 5.24. The normalized spacial score (nSPS) is 23.3. The molecule has 3 aromatic heterocycles. The molecule has 2 fully saturated rings. The van der Waals surface area contributed by atoms with E-state index in [2.05, 4.69) is 44.6 Å². The monoisotopic (exact) mass is 432 g/mol. The van der Waals surface area contributed by atoms with Gasteiger partial charge in [-0.1, -0.05) is 18.2 Å². The second-order valence-electron chi connectivity index (χ2n) is 9.34. The second-order valence-corrected chi connectivity index (χ2v) is 9.34. The van der Waals surface area contributed by atoms with Gasteiger partial charge in [0.2, 0.25) is 0 Å². The summed E-state index contributed by atoms with van der Waals surface area (Å²) in [5.41, 5.74) is 4.67. The van der Waals surface area contributed by atoms with Gasteiger partial charge in [0.05, 0.1) is 30.8 Å². The van der Waals surface area contributed by atoms with Crippen molar-refractivity contribution in [3.8, 4) is 0 Å². The van der Waals surface area contributed by atoms with Crippen molar-refractivity contribution in [1.29, 1.82) is 0 Å². The molecule has 4 heterocycles. The number of imidazole rings is 1. The molecule has 0 spiro atoms. The van der Waals surface area contributed by atoms with Crippen molar-refractivity contribution in [3.63, 3.8) is 0 Å².